The van der Waals surface area contributed by atoms with Crippen LogP contribution in [0.5, 0.6) is 11.5 Å². The lowest BCUT2D eigenvalue weighted by molar-refractivity contribution is 0.0706. The standard InChI is InChI=1S/C16H12N2O3/c19-16(18-20)12-8-11-9-14(6-7-15(11)17-10-12)21-13-4-2-1-3-5-13/h1-10,20H,(H,18,19). The van der Waals surface area contributed by atoms with Crippen molar-refractivity contribution in [2.75, 3.05) is 0 Å². The number of benzene rings is 2. The van der Waals surface area contributed by atoms with E-state index in [2.05, 4.69) is 4.98 Å². The summed E-state index contributed by atoms with van der Waals surface area (Å²) < 4.78 is 5.74. The van der Waals surface area contributed by atoms with E-state index in [0.29, 0.717) is 5.75 Å². The maximum Gasteiger partial charge on any atom is 0.276 e. The fourth-order valence-corrected chi connectivity index (χ4v) is 1.99. The third-order valence-corrected chi connectivity index (χ3v) is 3.00. The third kappa shape index (κ3) is 2.82. The highest BCUT2D eigenvalue weighted by Crippen LogP contribution is 2.25. The molecule has 0 unspecified atom stereocenters. The molecule has 0 aliphatic rings. The molecule has 0 aliphatic heterocycles. The van der Waals surface area contributed by atoms with Gasteiger partial charge in [-0.1, -0.05) is 18.2 Å². The summed E-state index contributed by atoms with van der Waals surface area (Å²) >= 11 is 0. The van der Waals surface area contributed by atoms with Crippen molar-refractivity contribution in [1.82, 2.24) is 10.5 Å². The minimum atomic E-state index is -0.598. The average molecular weight is 280 g/mol. The van der Waals surface area contributed by atoms with Crippen molar-refractivity contribution in [3.05, 3.63) is 66.4 Å². The maximum absolute atomic E-state index is 11.4. The lowest BCUT2D eigenvalue weighted by atomic mass is 10.1. The first-order valence-corrected chi connectivity index (χ1v) is 6.33. The van der Waals surface area contributed by atoms with Gasteiger partial charge in [0.15, 0.2) is 0 Å². The zero-order valence-electron chi connectivity index (χ0n) is 11.0. The van der Waals surface area contributed by atoms with Gasteiger partial charge in [0.1, 0.15) is 11.5 Å². The summed E-state index contributed by atoms with van der Waals surface area (Å²) in [7, 11) is 0. The van der Waals surface area contributed by atoms with Gasteiger partial charge in [0.2, 0.25) is 0 Å². The molecule has 0 fully saturated rings. The summed E-state index contributed by atoms with van der Waals surface area (Å²) in [6.45, 7) is 0. The summed E-state index contributed by atoms with van der Waals surface area (Å²) in [5.41, 5.74) is 2.61. The van der Waals surface area contributed by atoms with Crippen LogP contribution in [-0.4, -0.2) is 16.1 Å². The van der Waals surface area contributed by atoms with E-state index in [-0.39, 0.29) is 5.56 Å². The number of carbonyl (C=O) groups is 1. The molecular weight excluding hydrogens is 268 g/mol. The summed E-state index contributed by atoms with van der Waals surface area (Å²) in [6, 6.07) is 16.5. The number of rotatable bonds is 3. The van der Waals surface area contributed by atoms with Gasteiger partial charge in [-0.25, -0.2) is 5.48 Å². The lowest BCUT2D eigenvalue weighted by Gasteiger charge is -2.07. The molecule has 0 aliphatic carbocycles. The van der Waals surface area contributed by atoms with Gasteiger partial charge in [-0.05, 0) is 36.4 Å². The predicted octanol–water partition coefficient (Wildman–Crippen LogP) is 3.15. The van der Waals surface area contributed by atoms with E-state index in [1.165, 1.54) is 6.20 Å². The number of hydroxylamine groups is 1. The summed E-state index contributed by atoms with van der Waals surface area (Å²) in [5, 5.41) is 9.41. The molecule has 21 heavy (non-hydrogen) atoms. The highest BCUT2D eigenvalue weighted by Gasteiger charge is 2.07. The fraction of sp³-hybridized carbons (Fsp3) is 0. The molecule has 104 valence electrons. The number of hydrogen-bond acceptors (Lipinski definition) is 4. The number of carbonyl (C=O) groups excluding carboxylic acids is 1. The lowest BCUT2D eigenvalue weighted by Crippen LogP contribution is -2.18. The van der Waals surface area contributed by atoms with Gasteiger partial charge in [-0.15, -0.1) is 0 Å². The van der Waals surface area contributed by atoms with Crippen LogP contribution >= 0.6 is 0 Å². The van der Waals surface area contributed by atoms with Crippen molar-refractivity contribution >= 4 is 16.8 Å². The molecule has 5 nitrogen and oxygen atoms in total. The second-order valence-electron chi connectivity index (χ2n) is 4.43. The Morgan fingerprint density at radius 2 is 1.86 bits per heavy atom. The van der Waals surface area contributed by atoms with Gasteiger partial charge in [0.25, 0.3) is 5.91 Å². The number of fused-ring (bicyclic) bond motifs is 1. The predicted molar refractivity (Wildman–Crippen MR) is 77.5 cm³/mol. The average Bonchev–Trinajstić information content (AvgIpc) is 2.54. The van der Waals surface area contributed by atoms with Crippen molar-refractivity contribution in [1.29, 1.82) is 0 Å². The van der Waals surface area contributed by atoms with Crippen LogP contribution in [0, 0.1) is 0 Å². The molecular formula is C16H12N2O3. The SMILES string of the molecule is O=C(NO)c1cnc2ccc(Oc3ccccc3)cc2c1. The summed E-state index contributed by atoms with van der Waals surface area (Å²) in [6.07, 6.45) is 1.41. The molecule has 1 amide bonds. The molecule has 0 spiro atoms. The van der Waals surface area contributed by atoms with Gasteiger partial charge in [0.05, 0.1) is 11.1 Å². The minimum Gasteiger partial charge on any atom is -0.457 e. The zero-order valence-corrected chi connectivity index (χ0v) is 11.0. The zero-order chi connectivity index (χ0) is 14.7. The molecule has 5 heteroatoms. The van der Waals surface area contributed by atoms with Gasteiger partial charge in [-0.3, -0.25) is 15.0 Å². The second-order valence-corrected chi connectivity index (χ2v) is 4.43. The van der Waals surface area contributed by atoms with Crippen LogP contribution < -0.4 is 10.2 Å². The Morgan fingerprint density at radius 1 is 1.05 bits per heavy atom. The number of ether oxygens (including phenoxy) is 1. The number of hydrogen-bond donors (Lipinski definition) is 2. The molecule has 0 bridgehead atoms. The largest absolute Gasteiger partial charge is 0.457 e. The van der Waals surface area contributed by atoms with Crippen LogP contribution in [0.25, 0.3) is 10.9 Å². The normalized spacial score (nSPS) is 10.3. The Kier molecular flexibility index (Phi) is 3.49. The van der Waals surface area contributed by atoms with Crippen LogP contribution in [0.15, 0.2) is 60.8 Å². The van der Waals surface area contributed by atoms with Crippen molar-refractivity contribution < 1.29 is 14.7 Å². The van der Waals surface area contributed by atoms with E-state index >= 15 is 0 Å². The van der Waals surface area contributed by atoms with E-state index in [0.717, 1.165) is 16.7 Å². The fourth-order valence-electron chi connectivity index (χ4n) is 1.99. The van der Waals surface area contributed by atoms with E-state index in [4.69, 9.17) is 9.94 Å². The number of nitrogens with one attached hydrogen (secondary N) is 1. The monoisotopic (exact) mass is 280 g/mol. The number of nitrogens with zero attached hydrogens (tertiary/aromatic N) is 1. The Bertz CT molecular complexity index is 788. The Balaban J connectivity index is 1.96. The topological polar surface area (TPSA) is 71.5 Å². The Morgan fingerprint density at radius 3 is 2.62 bits per heavy atom. The van der Waals surface area contributed by atoms with Crippen molar-refractivity contribution in [3.8, 4) is 11.5 Å². The molecule has 1 aromatic heterocycles. The third-order valence-electron chi connectivity index (χ3n) is 3.00. The van der Waals surface area contributed by atoms with Crippen LogP contribution in [0.2, 0.25) is 0 Å². The van der Waals surface area contributed by atoms with Gasteiger partial charge in [0, 0.05) is 11.6 Å². The first kappa shape index (κ1) is 13.1. The molecule has 3 aromatic rings. The molecule has 0 saturated carbocycles. The first-order chi connectivity index (χ1) is 10.3. The first-order valence-electron chi connectivity index (χ1n) is 6.33. The minimum absolute atomic E-state index is 0.280. The number of para-hydroxylation sites is 1. The van der Waals surface area contributed by atoms with E-state index in [9.17, 15) is 4.79 Å². The van der Waals surface area contributed by atoms with Crippen molar-refractivity contribution in [2.24, 2.45) is 0 Å². The molecule has 0 saturated heterocycles. The molecule has 2 aromatic carbocycles. The van der Waals surface area contributed by atoms with Crippen LogP contribution in [0.4, 0.5) is 0 Å². The Labute approximate surface area is 120 Å². The number of pyridine rings is 1. The Hall–Kier alpha value is -2.92. The maximum atomic E-state index is 11.4. The highest BCUT2D eigenvalue weighted by molar-refractivity contribution is 5.96. The van der Waals surface area contributed by atoms with Crippen LogP contribution in [0.1, 0.15) is 10.4 Å². The van der Waals surface area contributed by atoms with Crippen molar-refractivity contribution in [3.63, 3.8) is 0 Å². The number of amides is 1. The second kappa shape index (κ2) is 5.60. The van der Waals surface area contributed by atoms with E-state index in [1.54, 1.807) is 17.6 Å². The molecule has 3 rings (SSSR count). The molecule has 0 atom stereocenters. The van der Waals surface area contributed by atoms with Crippen LogP contribution in [-0.2, 0) is 0 Å². The van der Waals surface area contributed by atoms with Gasteiger partial charge in [-0.2, -0.15) is 0 Å². The summed E-state index contributed by atoms with van der Waals surface area (Å²) in [4.78, 5) is 15.6. The molecule has 1 heterocycles. The highest BCUT2D eigenvalue weighted by atomic mass is 16.5. The van der Waals surface area contributed by atoms with E-state index < -0.39 is 5.91 Å². The smallest absolute Gasteiger partial charge is 0.276 e. The van der Waals surface area contributed by atoms with Crippen LogP contribution in [0.3, 0.4) is 0 Å². The van der Waals surface area contributed by atoms with E-state index in [1.807, 2.05) is 42.5 Å². The molecule has 2 N–H and O–H groups in total. The summed E-state index contributed by atoms with van der Waals surface area (Å²) in [5.74, 6) is 0.782. The van der Waals surface area contributed by atoms with Gasteiger partial charge < -0.3 is 4.74 Å². The quantitative estimate of drug-likeness (QED) is 0.571. The molecule has 0 radical (unpaired) electrons. The number of aromatic nitrogens is 1. The van der Waals surface area contributed by atoms with Crippen molar-refractivity contribution in [2.45, 2.75) is 0 Å². The van der Waals surface area contributed by atoms with Gasteiger partial charge >= 0.3 is 0 Å².